The van der Waals surface area contributed by atoms with Crippen LogP contribution in [0.4, 0.5) is 17.1 Å². The van der Waals surface area contributed by atoms with Crippen LogP contribution >= 0.6 is 0 Å². The molecule has 6 nitrogen and oxygen atoms in total. The second-order valence-corrected chi connectivity index (χ2v) is 5.77. The van der Waals surface area contributed by atoms with Gasteiger partial charge in [-0.2, -0.15) is 0 Å². The van der Waals surface area contributed by atoms with Crippen molar-refractivity contribution in [3.63, 3.8) is 0 Å². The van der Waals surface area contributed by atoms with E-state index in [1.807, 2.05) is 18.2 Å². The quantitative estimate of drug-likeness (QED) is 0.820. The van der Waals surface area contributed by atoms with Crippen molar-refractivity contribution in [1.29, 1.82) is 0 Å². The van der Waals surface area contributed by atoms with Crippen molar-refractivity contribution >= 4 is 37.5 Å². The predicted molar refractivity (Wildman–Crippen MR) is 72.0 cm³/mol. The van der Waals surface area contributed by atoms with Gasteiger partial charge in [0.2, 0.25) is 0 Å². The summed E-state index contributed by atoms with van der Waals surface area (Å²) in [7, 11) is 0. The van der Waals surface area contributed by atoms with E-state index in [2.05, 4.69) is 13.2 Å². The number of nitrogens with one attached hydrogen (secondary N) is 1. The zero-order chi connectivity index (χ0) is 13.3. The Bertz CT molecular complexity index is 589. The van der Waals surface area contributed by atoms with E-state index in [0.717, 1.165) is 11.4 Å². The molecule has 0 aliphatic carbocycles. The molecule has 1 amide bonds. The Morgan fingerprint density at radius 3 is 2.95 bits per heavy atom. The van der Waals surface area contributed by atoms with Crippen LogP contribution in [0.25, 0.3) is 0 Å². The van der Waals surface area contributed by atoms with Crippen LogP contribution in [0.5, 0.6) is 0 Å². The SMILES string of the molecule is NC1(C(=O)Nc2cccc3c2N=[Se]=N3)CCOCC1. The maximum atomic E-state index is 12.3. The molecule has 0 saturated carbocycles. The van der Waals surface area contributed by atoms with Crippen LogP contribution in [0.15, 0.2) is 26.1 Å². The van der Waals surface area contributed by atoms with Gasteiger partial charge in [-0.15, -0.1) is 0 Å². The Morgan fingerprint density at radius 2 is 2.16 bits per heavy atom. The number of hydrogen-bond acceptors (Lipinski definition) is 5. The number of anilines is 1. The van der Waals surface area contributed by atoms with Gasteiger partial charge in [0.15, 0.2) is 0 Å². The number of benzene rings is 1. The van der Waals surface area contributed by atoms with Crippen LogP contribution in [-0.4, -0.2) is 39.2 Å². The minimum atomic E-state index is -0.845. The van der Waals surface area contributed by atoms with Crippen molar-refractivity contribution < 1.29 is 9.53 Å². The third-order valence-electron chi connectivity index (χ3n) is 3.37. The maximum absolute atomic E-state index is 12.3. The number of carbonyl (C=O) groups is 1. The first-order chi connectivity index (χ1) is 9.19. The second kappa shape index (κ2) is 5.01. The number of nitrogens with zero attached hydrogens (tertiary/aromatic N) is 2. The fourth-order valence-corrected chi connectivity index (χ4v) is 3.27. The van der Waals surface area contributed by atoms with E-state index in [9.17, 15) is 4.79 Å². The normalized spacial score (nSPS) is 19.6. The number of rotatable bonds is 2. The number of fused-ring (bicyclic) bond motifs is 1. The van der Waals surface area contributed by atoms with Gasteiger partial charge in [-0.05, 0) is 0 Å². The Balaban J connectivity index is 1.81. The fraction of sp³-hybridized carbons (Fsp3) is 0.417. The molecule has 1 aromatic rings. The molecule has 2 aliphatic rings. The topological polar surface area (TPSA) is 89.1 Å². The van der Waals surface area contributed by atoms with Crippen molar-refractivity contribution in [3.8, 4) is 0 Å². The molecule has 0 unspecified atom stereocenters. The molecule has 2 heterocycles. The number of nitrogens with two attached hydrogens (primary N) is 1. The molecule has 1 fully saturated rings. The van der Waals surface area contributed by atoms with Gasteiger partial charge in [0.05, 0.1) is 0 Å². The molecule has 7 heteroatoms. The summed E-state index contributed by atoms with van der Waals surface area (Å²) in [6, 6.07) is 5.60. The van der Waals surface area contributed by atoms with Crippen LogP contribution < -0.4 is 11.1 Å². The van der Waals surface area contributed by atoms with Gasteiger partial charge < -0.3 is 0 Å². The molecular weight excluding hydrogens is 311 g/mol. The van der Waals surface area contributed by atoms with Gasteiger partial charge >= 0.3 is 116 Å². The number of amides is 1. The van der Waals surface area contributed by atoms with E-state index in [1.165, 1.54) is 0 Å². The second-order valence-electron chi connectivity index (χ2n) is 4.66. The molecular formula is C12H14N4O2Se. The molecule has 1 aromatic carbocycles. The molecule has 0 spiro atoms. The average Bonchev–Trinajstić information content (AvgIpc) is 2.89. The third kappa shape index (κ3) is 2.42. The Hall–Kier alpha value is -1.27. The molecule has 2 aliphatic heterocycles. The van der Waals surface area contributed by atoms with Crippen molar-refractivity contribution in [3.05, 3.63) is 18.2 Å². The molecule has 3 rings (SSSR count). The summed E-state index contributed by atoms with van der Waals surface area (Å²) >= 11 is -0.109. The third-order valence-corrected chi connectivity index (χ3v) is 4.51. The number of carbonyl (C=O) groups excluding carboxylic acids is 1. The van der Waals surface area contributed by atoms with Gasteiger partial charge in [-0.25, -0.2) is 0 Å². The van der Waals surface area contributed by atoms with Gasteiger partial charge in [-0.1, -0.05) is 0 Å². The van der Waals surface area contributed by atoms with E-state index in [1.54, 1.807) is 0 Å². The monoisotopic (exact) mass is 326 g/mol. The van der Waals surface area contributed by atoms with Crippen molar-refractivity contribution in [2.24, 2.45) is 13.7 Å². The molecule has 0 aromatic heterocycles. The van der Waals surface area contributed by atoms with Crippen molar-refractivity contribution in [2.45, 2.75) is 18.4 Å². The predicted octanol–water partition coefficient (Wildman–Crippen LogP) is 1.48. The molecule has 0 radical (unpaired) electrons. The summed E-state index contributed by atoms with van der Waals surface area (Å²) in [5.74, 6) is -0.168. The van der Waals surface area contributed by atoms with Crippen LogP contribution in [0, 0.1) is 0 Å². The summed E-state index contributed by atoms with van der Waals surface area (Å²) in [6.45, 7) is 1.05. The molecule has 0 atom stereocenters. The minimum absolute atomic E-state index is 0.109. The Morgan fingerprint density at radius 1 is 1.37 bits per heavy atom. The van der Waals surface area contributed by atoms with Gasteiger partial charge in [0.1, 0.15) is 0 Å². The molecule has 0 bridgehead atoms. The standard InChI is InChI=1S/C12H14N4O2Se/c13-12(4-6-18-7-5-12)11(17)14-8-2-1-3-9-10(8)16-19-15-9/h1-3H,4-7,13H2,(H,14,17). The van der Waals surface area contributed by atoms with Crippen LogP contribution in [0.3, 0.4) is 0 Å². The number of ether oxygens (including phenoxy) is 1. The van der Waals surface area contributed by atoms with Crippen LogP contribution in [-0.2, 0) is 9.53 Å². The zero-order valence-electron chi connectivity index (χ0n) is 10.3. The fourth-order valence-electron chi connectivity index (χ4n) is 2.12. The number of hydrogen-bond donors (Lipinski definition) is 2. The first-order valence-corrected chi connectivity index (χ1v) is 7.62. The molecule has 1 saturated heterocycles. The summed E-state index contributed by atoms with van der Waals surface area (Å²) in [5, 5.41) is 2.89. The van der Waals surface area contributed by atoms with E-state index >= 15 is 0 Å². The van der Waals surface area contributed by atoms with Crippen LogP contribution in [0.1, 0.15) is 12.8 Å². The van der Waals surface area contributed by atoms with Gasteiger partial charge in [0, 0.05) is 0 Å². The van der Waals surface area contributed by atoms with Gasteiger partial charge in [-0.3, -0.25) is 0 Å². The summed E-state index contributed by atoms with van der Waals surface area (Å²) in [5.41, 5.74) is 7.62. The van der Waals surface area contributed by atoms with Crippen molar-refractivity contribution in [1.82, 2.24) is 0 Å². The van der Waals surface area contributed by atoms with Crippen molar-refractivity contribution in [2.75, 3.05) is 18.5 Å². The summed E-state index contributed by atoms with van der Waals surface area (Å²) in [4.78, 5) is 12.3. The van der Waals surface area contributed by atoms with Crippen LogP contribution in [0.2, 0.25) is 0 Å². The first kappa shape index (κ1) is 12.7. The molecule has 19 heavy (non-hydrogen) atoms. The first-order valence-electron chi connectivity index (χ1n) is 6.08. The Labute approximate surface area is 116 Å². The van der Waals surface area contributed by atoms with E-state index in [0.29, 0.717) is 31.7 Å². The van der Waals surface area contributed by atoms with E-state index in [4.69, 9.17) is 10.5 Å². The average molecular weight is 325 g/mol. The summed E-state index contributed by atoms with van der Waals surface area (Å²) in [6.07, 6.45) is 1.08. The zero-order valence-corrected chi connectivity index (χ0v) is 12.0. The Kier molecular flexibility index (Phi) is 3.36. The molecule has 3 N–H and O–H groups in total. The van der Waals surface area contributed by atoms with E-state index in [-0.39, 0.29) is 20.5 Å². The van der Waals surface area contributed by atoms with E-state index < -0.39 is 5.54 Å². The van der Waals surface area contributed by atoms with Gasteiger partial charge in [0.25, 0.3) is 0 Å². The summed E-state index contributed by atoms with van der Waals surface area (Å²) < 4.78 is 13.9. The molecule has 100 valence electrons.